The van der Waals surface area contributed by atoms with Crippen LogP contribution in [-0.2, 0) is 6.54 Å². The Balaban J connectivity index is 1.94. The molecule has 2 heterocycles. The summed E-state index contributed by atoms with van der Waals surface area (Å²) >= 11 is 3.14. The highest BCUT2D eigenvalue weighted by atomic mass is 79.9. The number of hydrogen-bond donors (Lipinski definition) is 2. The molecule has 9 heteroatoms. The van der Waals surface area contributed by atoms with Gasteiger partial charge < -0.3 is 10.3 Å². The van der Waals surface area contributed by atoms with Gasteiger partial charge in [-0.15, -0.1) is 0 Å². The highest BCUT2D eigenvalue weighted by Crippen LogP contribution is 2.26. The molecule has 0 unspecified atom stereocenters. The molecule has 5 nitrogen and oxygen atoms in total. The Morgan fingerprint density at radius 2 is 2.08 bits per heavy atom. The Labute approximate surface area is 142 Å². The first-order valence-electron chi connectivity index (χ1n) is 6.80. The van der Waals surface area contributed by atoms with E-state index >= 15 is 0 Å². The number of aromatic amines is 1. The fourth-order valence-electron chi connectivity index (χ4n) is 2.24. The Morgan fingerprint density at radius 1 is 1.29 bits per heavy atom. The lowest BCUT2D eigenvalue weighted by molar-refractivity contribution is 0.146. The first kappa shape index (κ1) is 16.4. The molecule has 0 amide bonds. The van der Waals surface area contributed by atoms with E-state index in [-0.39, 0.29) is 22.1 Å². The van der Waals surface area contributed by atoms with Crippen molar-refractivity contribution in [2.75, 3.05) is 5.32 Å². The monoisotopic (exact) mass is 398 g/mol. The molecule has 124 valence electrons. The van der Waals surface area contributed by atoms with Crippen LogP contribution in [0, 0.1) is 5.82 Å². The predicted octanol–water partition coefficient (Wildman–Crippen LogP) is 3.77. The summed E-state index contributed by atoms with van der Waals surface area (Å²) in [6.45, 7) is -0.0464. The van der Waals surface area contributed by atoms with E-state index in [4.69, 9.17) is 0 Å². The van der Waals surface area contributed by atoms with Gasteiger partial charge in [-0.3, -0.25) is 4.79 Å². The number of benzene rings is 1. The fourth-order valence-corrected chi connectivity index (χ4v) is 2.67. The lowest BCUT2D eigenvalue weighted by Crippen LogP contribution is -2.10. The Hall–Kier alpha value is -2.42. The van der Waals surface area contributed by atoms with E-state index < -0.39 is 17.8 Å². The van der Waals surface area contributed by atoms with Gasteiger partial charge in [-0.25, -0.2) is 23.1 Å². The maximum absolute atomic E-state index is 14.0. The van der Waals surface area contributed by atoms with Gasteiger partial charge >= 0.3 is 0 Å². The third kappa shape index (κ3) is 2.99. The molecular weight excluding hydrogens is 389 g/mol. The number of halogens is 4. The SMILES string of the molecule is O=c1[nH]cc2c(NCc3cccc(C(F)F)c3F)ncnc2c1Br. The van der Waals surface area contributed by atoms with Crippen molar-refractivity contribution < 1.29 is 13.2 Å². The van der Waals surface area contributed by atoms with Crippen LogP contribution in [0.4, 0.5) is 19.0 Å². The van der Waals surface area contributed by atoms with E-state index in [9.17, 15) is 18.0 Å². The molecule has 2 N–H and O–H groups in total. The standard InChI is InChI=1S/C15H10BrF3N4O/c16-10-12-9(5-21-15(10)24)14(23-6-22-12)20-4-7-2-1-3-8(11(7)17)13(18)19/h1-3,5-6,13H,4H2,(H,21,24)(H,20,22,23). The average molecular weight is 399 g/mol. The molecular formula is C15H10BrF3N4O. The van der Waals surface area contributed by atoms with Crippen LogP contribution in [0.5, 0.6) is 0 Å². The molecule has 0 fully saturated rings. The van der Waals surface area contributed by atoms with Crippen molar-refractivity contribution in [3.05, 3.63) is 62.5 Å². The van der Waals surface area contributed by atoms with Crippen molar-refractivity contribution in [2.24, 2.45) is 0 Å². The molecule has 0 aliphatic heterocycles. The van der Waals surface area contributed by atoms with E-state index in [0.29, 0.717) is 16.7 Å². The van der Waals surface area contributed by atoms with Crippen LogP contribution >= 0.6 is 15.9 Å². The quantitative estimate of drug-likeness (QED) is 0.701. The number of H-pyrrole nitrogens is 1. The van der Waals surface area contributed by atoms with Crippen LogP contribution in [0.15, 0.2) is 40.0 Å². The second-order valence-electron chi connectivity index (χ2n) is 4.89. The molecule has 1 aromatic carbocycles. The minimum atomic E-state index is -2.88. The van der Waals surface area contributed by atoms with E-state index in [2.05, 4.69) is 36.2 Å². The number of nitrogens with zero attached hydrogens (tertiary/aromatic N) is 2. The summed E-state index contributed by atoms with van der Waals surface area (Å²) in [6, 6.07) is 3.83. The van der Waals surface area contributed by atoms with Crippen molar-refractivity contribution in [3.8, 4) is 0 Å². The van der Waals surface area contributed by atoms with Crippen LogP contribution in [0.1, 0.15) is 17.6 Å². The maximum atomic E-state index is 14.0. The fraction of sp³-hybridized carbons (Fsp3) is 0.133. The largest absolute Gasteiger partial charge is 0.365 e. The van der Waals surface area contributed by atoms with Crippen molar-refractivity contribution in [2.45, 2.75) is 13.0 Å². The smallest absolute Gasteiger partial charge is 0.266 e. The van der Waals surface area contributed by atoms with Crippen molar-refractivity contribution in [1.82, 2.24) is 15.0 Å². The lowest BCUT2D eigenvalue weighted by atomic mass is 10.1. The third-order valence-electron chi connectivity index (χ3n) is 3.43. The van der Waals surface area contributed by atoms with E-state index in [1.54, 1.807) is 0 Å². The second-order valence-corrected chi connectivity index (χ2v) is 5.68. The minimum absolute atomic E-state index is 0.0464. The number of fused-ring (bicyclic) bond motifs is 1. The summed E-state index contributed by atoms with van der Waals surface area (Å²) in [5.74, 6) is -0.605. The van der Waals surface area contributed by atoms with Crippen LogP contribution < -0.4 is 10.9 Å². The van der Waals surface area contributed by atoms with Crippen LogP contribution in [-0.4, -0.2) is 15.0 Å². The van der Waals surface area contributed by atoms with E-state index in [1.807, 2.05) is 0 Å². The number of hydrogen-bond acceptors (Lipinski definition) is 4. The first-order chi connectivity index (χ1) is 11.5. The highest BCUT2D eigenvalue weighted by Gasteiger charge is 2.16. The number of pyridine rings is 1. The predicted molar refractivity (Wildman–Crippen MR) is 86.5 cm³/mol. The summed E-state index contributed by atoms with van der Waals surface area (Å²) in [5, 5.41) is 3.39. The molecule has 3 rings (SSSR count). The maximum Gasteiger partial charge on any atom is 0.266 e. The van der Waals surface area contributed by atoms with Crippen molar-refractivity contribution in [1.29, 1.82) is 0 Å². The van der Waals surface area contributed by atoms with Crippen molar-refractivity contribution >= 4 is 32.7 Å². The molecule has 3 aromatic rings. The summed E-state index contributed by atoms with van der Waals surface area (Å²) < 4.78 is 39.8. The number of rotatable bonds is 4. The van der Waals surface area contributed by atoms with Gasteiger partial charge in [-0.1, -0.05) is 18.2 Å². The van der Waals surface area contributed by atoms with Gasteiger partial charge in [0, 0.05) is 18.3 Å². The number of aromatic nitrogens is 3. The summed E-state index contributed by atoms with van der Waals surface area (Å²) in [4.78, 5) is 22.2. The van der Waals surface area contributed by atoms with Gasteiger partial charge in [0.2, 0.25) is 0 Å². The summed E-state index contributed by atoms with van der Waals surface area (Å²) in [5.41, 5.74) is -0.516. The summed E-state index contributed by atoms with van der Waals surface area (Å²) in [7, 11) is 0. The highest BCUT2D eigenvalue weighted by molar-refractivity contribution is 9.10. The van der Waals surface area contributed by atoms with Crippen LogP contribution in [0.3, 0.4) is 0 Å². The third-order valence-corrected chi connectivity index (χ3v) is 4.16. The molecule has 0 aliphatic rings. The van der Waals surface area contributed by atoms with E-state index in [0.717, 1.165) is 6.07 Å². The zero-order valence-electron chi connectivity index (χ0n) is 12.0. The summed E-state index contributed by atoms with van der Waals surface area (Å²) in [6.07, 6.45) is -0.205. The lowest BCUT2D eigenvalue weighted by Gasteiger charge is -2.11. The van der Waals surface area contributed by atoms with Crippen molar-refractivity contribution in [3.63, 3.8) is 0 Å². The molecule has 0 radical (unpaired) electrons. The van der Waals surface area contributed by atoms with Gasteiger partial charge in [0.05, 0.1) is 16.5 Å². The van der Waals surface area contributed by atoms with Gasteiger partial charge in [0.1, 0.15) is 22.4 Å². The Morgan fingerprint density at radius 3 is 2.83 bits per heavy atom. The van der Waals surface area contributed by atoms with Crippen LogP contribution in [0.25, 0.3) is 10.9 Å². The minimum Gasteiger partial charge on any atom is -0.365 e. The molecule has 0 saturated heterocycles. The number of nitrogens with one attached hydrogen (secondary N) is 2. The van der Waals surface area contributed by atoms with Gasteiger partial charge in [0.15, 0.2) is 0 Å². The molecule has 0 spiro atoms. The molecule has 0 saturated carbocycles. The molecule has 24 heavy (non-hydrogen) atoms. The molecule has 0 aliphatic carbocycles. The average Bonchev–Trinajstić information content (AvgIpc) is 2.57. The zero-order chi connectivity index (χ0) is 17.3. The second kappa shape index (κ2) is 6.60. The van der Waals surface area contributed by atoms with Gasteiger partial charge in [0.25, 0.3) is 12.0 Å². The molecule has 2 aromatic heterocycles. The van der Waals surface area contributed by atoms with Gasteiger partial charge in [-0.2, -0.15) is 0 Å². The van der Waals surface area contributed by atoms with E-state index in [1.165, 1.54) is 24.7 Å². The Bertz CT molecular complexity index is 961. The molecule has 0 atom stereocenters. The number of anilines is 1. The zero-order valence-corrected chi connectivity index (χ0v) is 13.6. The van der Waals surface area contributed by atoms with Crippen LogP contribution in [0.2, 0.25) is 0 Å². The Kier molecular flexibility index (Phi) is 4.52. The number of alkyl halides is 2. The first-order valence-corrected chi connectivity index (χ1v) is 7.59. The van der Waals surface area contributed by atoms with Gasteiger partial charge in [-0.05, 0) is 15.9 Å². The topological polar surface area (TPSA) is 70.7 Å². The normalized spacial score (nSPS) is 11.2. The molecule has 0 bridgehead atoms.